The van der Waals surface area contributed by atoms with E-state index in [-0.39, 0.29) is 18.2 Å². The smallest absolute Gasteiger partial charge is 0.254 e. The van der Waals surface area contributed by atoms with Gasteiger partial charge in [-0.05, 0) is 12.5 Å². The molecule has 1 saturated heterocycles. The van der Waals surface area contributed by atoms with E-state index in [0.717, 1.165) is 10.9 Å². The number of H-pyrrole nitrogens is 1. The third kappa shape index (κ3) is 2.16. The normalized spacial score (nSPS) is 18.9. The number of carbonyl (C=O) groups is 3. The minimum absolute atomic E-state index is 0.241. The number of rotatable bonds is 2. The molecule has 6 heteroatoms. The Bertz CT molecular complexity index is 705. The lowest BCUT2D eigenvalue weighted by atomic mass is 10.1. The first-order valence-corrected chi connectivity index (χ1v) is 6.36. The van der Waals surface area contributed by atoms with Crippen LogP contribution in [-0.2, 0) is 9.59 Å². The van der Waals surface area contributed by atoms with Gasteiger partial charge in [0.05, 0.1) is 5.56 Å². The molecule has 2 heterocycles. The van der Waals surface area contributed by atoms with Gasteiger partial charge in [0.1, 0.15) is 6.04 Å². The average Bonchev–Trinajstić information content (AvgIpc) is 2.86. The Morgan fingerprint density at radius 2 is 2.05 bits per heavy atom. The van der Waals surface area contributed by atoms with Gasteiger partial charge in [0.25, 0.3) is 5.91 Å². The van der Waals surface area contributed by atoms with Crippen LogP contribution in [0.25, 0.3) is 10.9 Å². The number of nitrogens with one attached hydrogen (secondary N) is 3. The predicted molar refractivity (Wildman–Crippen MR) is 71.9 cm³/mol. The van der Waals surface area contributed by atoms with Gasteiger partial charge in [-0.15, -0.1) is 0 Å². The molecule has 3 N–H and O–H groups in total. The highest BCUT2D eigenvalue weighted by molar-refractivity contribution is 6.09. The maximum Gasteiger partial charge on any atom is 0.254 e. The van der Waals surface area contributed by atoms with Gasteiger partial charge in [-0.1, -0.05) is 18.2 Å². The van der Waals surface area contributed by atoms with Crippen LogP contribution in [-0.4, -0.2) is 28.7 Å². The summed E-state index contributed by atoms with van der Waals surface area (Å²) in [6, 6.07) is 6.78. The van der Waals surface area contributed by atoms with Crippen molar-refractivity contribution in [1.82, 2.24) is 15.6 Å². The molecule has 0 bridgehead atoms. The van der Waals surface area contributed by atoms with Crippen LogP contribution >= 0.6 is 0 Å². The molecule has 3 amide bonds. The minimum Gasteiger partial charge on any atom is -0.360 e. The third-order valence-electron chi connectivity index (χ3n) is 3.38. The van der Waals surface area contributed by atoms with Crippen molar-refractivity contribution in [1.29, 1.82) is 0 Å². The molecule has 6 nitrogen and oxygen atoms in total. The zero-order valence-corrected chi connectivity index (χ0v) is 10.6. The number of hydrogen-bond acceptors (Lipinski definition) is 3. The molecule has 3 rings (SSSR count). The summed E-state index contributed by atoms with van der Waals surface area (Å²) in [5.74, 6) is -1.07. The molecule has 1 aliphatic rings. The molecule has 1 unspecified atom stereocenters. The Balaban J connectivity index is 1.80. The van der Waals surface area contributed by atoms with E-state index in [1.807, 2.05) is 24.3 Å². The summed E-state index contributed by atoms with van der Waals surface area (Å²) in [6.45, 7) is 0. The number of aromatic amines is 1. The molecule has 1 atom stereocenters. The molecule has 2 aromatic rings. The summed E-state index contributed by atoms with van der Waals surface area (Å²) in [7, 11) is 0. The molecule has 1 aromatic heterocycles. The molecule has 0 spiro atoms. The zero-order valence-electron chi connectivity index (χ0n) is 10.6. The van der Waals surface area contributed by atoms with Crippen molar-refractivity contribution in [2.24, 2.45) is 0 Å². The highest BCUT2D eigenvalue weighted by Gasteiger charge is 2.28. The van der Waals surface area contributed by atoms with Gasteiger partial charge < -0.3 is 10.3 Å². The van der Waals surface area contributed by atoms with Crippen molar-refractivity contribution >= 4 is 28.6 Å². The van der Waals surface area contributed by atoms with Gasteiger partial charge in [-0.25, -0.2) is 0 Å². The fourth-order valence-electron chi connectivity index (χ4n) is 2.33. The predicted octanol–water partition coefficient (Wildman–Crippen LogP) is 0.703. The summed E-state index contributed by atoms with van der Waals surface area (Å²) < 4.78 is 0. The first-order valence-electron chi connectivity index (χ1n) is 6.36. The fourth-order valence-corrected chi connectivity index (χ4v) is 2.33. The van der Waals surface area contributed by atoms with Crippen LogP contribution in [0.1, 0.15) is 23.2 Å². The molecule has 20 heavy (non-hydrogen) atoms. The van der Waals surface area contributed by atoms with E-state index in [0.29, 0.717) is 12.0 Å². The maximum atomic E-state index is 12.2. The summed E-state index contributed by atoms with van der Waals surface area (Å²) in [4.78, 5) is 37.9. The monoisotopic (exact) mass is 271 g/mol. The largest absolute Gasteiger partial charge is 0.360 e. The van der Waals surface area contributed by atoms with Crippen LogP contribution in [0.3, 0.4) is 0 Å². The summed E-state index contributed by atoms with van der Waals surface area (Å²) in [5.41, 5.74) is 1.35. The van der Waals surface area contributed by atoms with E-state index in [9.17, 15) is 14.4 Å². The number of piperidine rings is 1. The van der Waals surface area contributed by atoms with E-state index in [1.165, 1.54) is 0 Å². The molecule has 1 fully saturated rings. The number of para-hydroxylation sites is 1. The van der Waals surface area contributed by atoms with Crippen molar-refractivity contribution in [3.05, 3.63) is 36.0 Å². The minimum atomic E-state index is -0.658. The fraction of sp³-hybridized carbons (Fsp3) is 0.214. The first-order chi connectivity index (χ1) is 9.65. The SMILES string of the molecule is O=C1CCC(NC(=O)c2c[nH]c3ccccc23)C(=O)N1. The second kappa shape index (κ2) is 4.80. The molecule has 0 saturated carbocycles. The topological polar surface area (TPSA) is 91.1 Å². The summed E-state index contributed by atoms with van der Waals surface area (Å²) >= 11 is 0. The van der Waals surface area contributed by atoms with Gasteiger partial charge in [-0.3, -0.25) is 19.7 Å². The van der Waals surface area contributed by atoms with Crippen molar-refractivity contribution in [2.75, 3.05) is 0 Å². The Morgan fingerprint density at radius 1 is 1.25 bits per heavy atom. The van der Waals surface area contributed by atoms with Crippen LogP contribution in [0, 0.1) is 0 Å². The first kappa shape index (κ1) is 12.4. The number of carbonyl (C=O) groups excluding carboxylic acids is 3. The molecular formula is C14H13N3O3. The number of fused-ring (bicyclic) bond motifs is 1. The average molecular weight is 271 g/mol. The van der Waals surface area contributed by atoms with Crippen LogP contribution < -0.4 is 10.6 Å². The lowest BCUT2D eigenvalue weighted by molar-refractivity contribution is -0.134. The number of aromatic nitrogens is 1. The van der Waals surface area contributed by atoms with Crippen LogP contribution in [0.4, 0.5) is 0 Å². The number of imide groups is 1. The van der Waals surface area contributed by atoms with Gasteiger partial charge in [0.15, 0.2) is 0 Å². The molecule has 1 aliphatic heterocycles. The van der Waals surface area contributed by atoms with E-state index in [1.54, 1.807) is 6.20 Å². The Kier molecular flexibility index (Phi) is 2.98. The van der Waals surface area contributed by atoms with Crippen LogP contribution in [0.15, 0.2) is 30.5 Å². The van der Waals surface area contributed by atoms with Gasteiger partial charge in [0, 0.05) is 23.5 Å². The highest BCUT2D eigenvalue weighted by Crippen LogP contribution is 2.18. The quantitative estimate of drug-likeness (QED) is 0.702. The van der Waals surface area contributed by atoms with Crippen molar-refractivity contribution in [3.63, 3.8) is 0 Å². The number of amides is 3. The Labute approximate surface area is 114 Å². The number of hydrogen-bond donors (Lipinski definition) is 3. The van der Waals surface area contributed by atoms with Crippen molar-refractivity contribution in [3.8, 4) is 0 Å². The van der Waals surface area contributed by atoms with E-state index >= 15 is 0 Å². The molecule has 0 aliphatic carbocycles. The van der Waals surface area contributed by atoms with Crippen molar-refractivity contribution in [2.45, 2.75) is 18.9 Å². The maximum absolute atomic E-state index is 12.2. The Morgan fingerprint density at radius 3 is 2.85 bits per heavy atom. The third-order valence-corrected chi connectivity index (χ3v) is 3.38. The lowest BCUT2D eigenvalue weighted by Crippen LogP contribution is -2.52. The number of benzene rings is 1. The summed E-state index contributed by atoms with van der Waals surface area (Å²) in [6.07, 6.45) is 2.19. The van der Waals surface area contributed by atoms with Crippen LogP contribution in [0.5, 0.6) is 0 Å². The lowest BCUT2D eigenvalue weighted by Gasteiger charge is -2.21. The van der Waals surface area contributed by atoms with Crippen molar-refractivity contribution < 1.29 is 14.4 Å². The van der Waals surface area contributed by atoms with Gasteiger partial charge in [0.2, 0.25) is 11.8 Å². The van der Waals surface area contributed by atoms with Gasteiger partial charge >= 0.3 is 0 Å². The standard InChI is InChI=1S/C14H13N3O3/c18-12-6-5-11(14(20)17-12)16-13(19)9-7-15-10-4-2-1-3-8(9)10/h1-4,7,11,15H,5-6H2,(H,16,19)(H,17,18,20). The molecule has 1 aromatic carbocycles. The second-order valence-corrected chi connectivity index (χ2v) is 4.73. The van der Waals surface area contributed by atoms with E-state index in [4.69, 9.17) is 0 Å². The van der Waals surface area contributed by atoms with Crippen LogP contribution in [0.2, 0.25) is 0 Å². The summed E-state index contributed by atoms with van der Waals surface area (Å²) in [5, 5.41) is 5.68. The van der Waals surface area contributed by atoms with Gasteiger partial charge in [-0.2, -0.15) is 0 Å². The molecule has 0 radical (unpaired) electrons. The molecule has 102 valence electrons. The van der Waals surface area contributed by atoms with E-state index < -0.39 is 11.9 Å². The van der Waals surface area contributed by atoms with E-state index in [2.05, 4.69) is 15.6 Å². The molecular weight excluding hydrogens is 258 g/mol. The zero-order chi connectivity index (χ0) is 14.1. The highest BCUT2D eigenvalue weighted by atomic mass is 16.2. The second-order valence-electron chi connectivity index (χ2n) is 4.73. The Hall–Kier alpha value is -2.63.